The molecule has 0 aliphatic rings. The first-order chi connectivity index (χ1) is 13.8. The number of primary sulfonamides is 1. The van der Waals surface area contributed by atoms with Crippen molar-refractivity contribution in [3.05, 3.63) is 54.1 Å². The van der Waals surface area contributed by atoms with Crippen LogP contribution in [-0.2, 0) is 26.0 Å². The topological polar surface area (TPSA) is 137 Å². The van der Waals surface area contributed by atoms with E-state index in [-0.39, 0.29) is 17.9 Å². The van der Waals surface area contributed by atoms with Crippen LogP contribution in [0.2, 0.25) is 0 Å². The lowest BCUT2D eigenvalue weighted by atomic mass is 10.1. The fraction of sp³-hybridized carbons (Fsp3) is 0.263. The maximum Gasteiger partial charge on any atom is 0.276 e. The van der Waals surface area contributed by atoms with Crippen molar-refractivity contribution in [3.63, 3.8) is 0 Å². The summed E-state index contributed by atoms with van der Waals surface area (Å²) in [6.07, 6.45) is 0.466. The van der Waals surface area contributed by atoms with Crippen LogP contribution in [0.15, 0.2) is 53.4 Å². The molecule has 0 atom stereocenters. The Balaban J connectivity index is 1.73. The predicted octanol–water partition coefficient (Wildman–Crippen LogP) is 0.892. The van der Waals surface area contributed by atoms with E-state index in [2.05, 4.69) is 10.9 Å². The number of nitrogens with one attached hydrogen (secondary N) is 2. The number of nitrogens with two attached hydrogens (primary N) is 1. The standard InChI is InChI=1S/C19H23N3O6S/c1-2-27-16-5-3-4-6-17(16)28-13-19(24)22-21-18(23)12-9-14-7-10-15(11-8-14)29(20,25)26/h3-8,10-11H,2,9,12-13H2,1H3,(H,21,23)(H,22,24)(H2,20,25,26). The lowest BCUT2D eigenvalue weighted by Crippen LogP contribution is -2.43. The lowest BCUT2D eigenvalue weighted by Gasteiger charge is -2.12. The molecule has 0 saturated carbocycles. The third kappa shape index (κ3) is 7.43. The van der Waals surface area contributed by atoms with Crippen LogP contribution in [0.4, 0.5) is 0 Å². The van der Waals surface area contributed by atoms with Gasteiger partial charge in [-0.05, 0) is 43.2 Å². The van der Waals surface area contributed by atoms with Gasteiger partial charge in [0.1, 0.15) is 0 Å². The Hall–Kier alpha value is -3.11. The highest BCUT2D eigenvalue weighted by Gasteiger charge is 2.10. The Morgan fingerprint density at radius 3 is 2.10 bits per heavy atom. The van der Waals surface area contributed by atoms with E-state index in [1.54, 1.807) is 36.4 Å². The van der Waals surface area contributed by atoms with Gasteiger partial charge in [0.25, 0.3) is 5.91 Å². The number of para-hydroxylation sites is 2. The summed E-state index contributed by atoms with van der Waals surface area (Å²) in [6, 6.07) is 12.9. The Labute approximate surface area is 169 Å². The molecule has 0 heterocycles. The Kier molecular flexibility index (Phi) is 7.98. The molecular weight excluding hydrogens is 398 g/mol. The molecule has 0 unspecified atom stereocenters. The molecule has 0 radical (unpaired) electrons. The van der Waals surface area contributed by atoms with Crippen molar-refractivity contribution in [3.8, 4) is 11.5 Å². The van der Waals surface area contributed by atoms with Gasteiger partial charge in [0, 0.05) is 6.42 Å². The van der Waals surface area contributed by atoms with E-state index >= 15 is 0 Å². The van der Waals surface area contributed by atoms with Crippen LogP contribution in [-0.4, -0.2) is 33.4 Å². The minimum absolute atomic E-state index is 0.00359. The first-order valence-electron chi connectivity index (χ1n) is 8.83. The lowest BCUT2D eigenvalue weighted by molar-refractivity contribution is -0.130. The molecule has 29 heavy (non-hydrogen) atoms. The summed E-state index contributed by atoms with van der Waals surface area (Å²) in [4.78, 5) is 23.7. The summed E-state index contributed by atoms with van der Waals surface area (Å²) in [5, 5.41) is 5.03. The molecule has 0 aromatic heterocycles. The summed E-state index contributed by atoms with van der Waals surface area (Å²) in [5.74, 6) is 0.0322. The number of hydrazine groups is 1. The number of hydrogen-bond acceptors (Lipinski definition) is 6. The molecule has 2 amide bonds. The molecular formula is C19H23N3O6S. The number of carbonyl (C=O) groups excluding carboxylic acids is 2. The van der Waals surface area contributed by atoms with Gasteiger partial charge < -0.3 is 9.47 Å². The van der Waals surface area contributed by atoms with Crippen molar-refractivity contribution in [2.45, 2.75) is 24.7 Å². The van der Waals surface area contributed by atoms with Gasteiger partial charge >= 0.3 is 0 Å². The van der Waals surface area contributed by atoms with Gasteiger partial charge in [-0.2, -0.15) is 0 Å². The molecule has 0 saturated heterocycles. The largest absolute Gasteiger partial charge is 0.490 e. The van der Waals surface area contributed by atoms with Crippen molar-refractivity contribution in [2.75, 3.05) is 13.2 Å². The van der Waals surface area contributed by atoms with Crippen molar-refractivity contribution in [2.24, 2.45) is 5.14 Å². The van der Waals surface area contributed by atoms with E-state index < -0.39 is 21.8 Å². The predicted molar refractivity (Wildman–Crippen MR) is 106 cm³/mol. The first-order valence-corrected chi connectivity index (χ1v) is 10.4. The first kappa shape index (κ1) is 22.2. The number of rotatable bonds is 9. The van der Waals surface area contributed by atoms with E-state index in [9.17, 15) is 18.0 Å². The van der Waals surface area contributed by atoms with Crippen molar-refractivity contribution in [1.82, 2.24) is 10.9 Å². The third-order valence-electron chi connectivity index (χ3n) is 3.74. The van der Waals surface area contributed by atoms with E-state index in [4.69, 9.17) is 14.6 Å². The zero-order chi connectivity index (χ0) is 21.3. The number of carbonyl (C=O) groups is 2. The summed E-state index contributed by atoms with van der Waals surface area (Å²) in [5.41, 5.74) is 5.33. The fourth-order valence-electron chi connectivity index (χ4n) is 2.33. The van der Waals surface area contributed by atoms with Crippen molar-refractivity contribution in [1.29, 1.82) is 0 Å². The second kappa shape index (κ2) is 10.4. The van der Waals surface area contributed by atoms with Gasteiger partial charge in [0.05, 0.1) is 11.5 Å². The number of amides is 2. The van der Waals surface area contributed by atoms with Gasteiger partial charge in [0.2, 0.25) is 15.9 Å². The van der Waals surface area contributed by atoms with Gasteiger partial charge in [-0.15, -0.1) is 0 Å². The smallest absolute Gasteiger partial charge is 0.276 e. The van der Waals surface area contributed by atoms with Gasteiger partial charge in [-0.3, -0.25) is 20.4 Å². The van der Waals surface area contributed by atoms with Gasteiger partial charge in [-0.1, -0.05) is 24.3 Å². The minimum atomic E-state index is -3.75. The molecule has 0 fully saturated rings. The van der Waals surface area contributed by atoms with Gasteiger partial charge in [0.15, 0.2) is 18.1 Å². The molecule has 4 N–H and O–H groups in total. The molecule has 10 heteroatoms. The second-order valence-corrected chi connectivity index (χ2v) is 7.52. The van der Waals surface area contributed by atoms with Crippen molar-refractivity contribution >= 4 is 21.8 Å². The number of ether oxygens (including phenoxy) is 2. The molecule has 0 spiro atoms. The summed E-state index contributed by atoms with van der Waals surface area (Å²) in [7, 11) is -3.75. The SMILES string of the molecule is CCOc1ccccc1OCC(=O)NNC(=O)CCc1ccc(S(N)(=O)=O)cc1. The van der Waals surface area contributed by atoms with Crippen LogP contribution in [0.1, 0.15) is 18.9 Å². The van der Waals surface area contributed by atoms with Crippen LogP contribution in [0.25, 0.3) is 0 Å². The van der Waals surface area contributed by atoms with E-state index in [0.717, 1.165) is 5.56 Å². The van der Waals surface area contributed by atoms with E-state index in [0.29, 0.717) is 24.5 Å². The number of hydrogen-bond donors (Lipinski definition) is 3. The monoisotopic (exact) mass is 421 g/mol. The van der Waals surface area contributed by atoms with Gasteiger partial charge in [-0.25, -0.2) is 13.6 Å². The molecule has 2 rings (SSSR count). The third-order valence-corrected chi connectivity index (χ3v) is 4.67. The summed E-state index contributed by atoms with van der Waals surface area (Å²) in [6.45, 7) is 2.01. The zero-order valence-corrected chi connectivity index (χ0v) is 16.7. The maximum absolute atomic E-state index is 11.9. The molecule has 0 aliphatic heterocycles. The summed E-state index contributed by atoms with van der Waals surface area (Å²) >= 11 is 0. The van der Waals surface area contributed by atoms with Crippen LogP contribution in [0, 0.1) is 0 Å². The molecule has 156 valence electrons. The fourth-order valence-corrected chi connectivity index (χ4v) is 2.84. The number of benzene rings is 2. The Morgan fingerprint density at radius 1 is 0.931 bits per heavy atom. The van der Waals surface area contributed by atoms with Crippen LogP contribution in [0.3, 0.4) is 0 Å². The second-order valence-electron chi connectivity index (χ2n) is 5.95. The Bertz CT molecular complexity index is 945. The van der Waals surface area contributed by atoms with Crippen LogP contribution < -0.4 is 25.5 Å². The molecule has 2 aromatic rings. The number of sulfonamides is 1. The van der Waals surface area contributed by atoms with Crippen molar-refractivity contribution < 1.29 is 27.5 Å². The average Bonchev–Trinajstić information content (AvgIpc) is 2.70. The normalized spacial score (nSPS) is 10.8. The highest BCUT2D eigenvalue weighted by molar-refractivity contribution is 7.89. The summed E-state index contributed by atoms with van der Waals surface area (Å²) < 4.78 is 33.2. The quantitative estimate of drug-likeness (QED) is 0.514. The molecule has 9 nitrogen and oxygen atoms in total. The van der Waals surface area contributed by atoms with Crippen LogP contribution >= 0.6 is 0 Å². The minimum Gasteiger partial charge on any atom is -0.490 e. The number of aryl methyl sites for hydroxylation is 1. The maximum atomic E-state index is 11.9. The average molecular weight is 421 g/mol. The van der Waals surface area contributed by atoms with E-state index in [1.165, 1.54) is 12.1 Å². The Morgan fingerprint density at radius 2 is 1.52 bits per heavy atom. The molecule has 0 aliphatic carbocycles. The highest BCUT2D eigenvalue weighted by Crippen LogP contribution is 2.26. The van der Waals surface area contributed by atoms with E-state index in [1.807, 2.05) is 6.92 Å². The highest BCUT2D eigenvalue weighted by atomic mass is 32.2. The molecule has 0 bridgehead atoms. The molecule has 2 aromatic carbocycles. The zero-order valence-electron chi connectivity index (χ0n) is 15.9. The van der Waals surface area contributed by atoms with Crippen LogP contribution in [0.5, 0.6) is 11.5 Å².